The largest absolute Gasteiger partial charge is 0.393 e. The molecule has 4 unspecified atom stereocenters. The van der Waals surface area contributed by atoms with E-state index in [-0.39, 0.29) is 6.10 Å². The van der Waals surface area contributed by atoms with Crippen LogP contribution in [0.2, 0.25) is 0 Å². The Hall–Kier alpha value is -0.370. The number of hydrogen-bond acceptors (Lipinski definition) is 2. The predicted molar refractivity (Wildman–Crippen MR) is 43.4 cm³/mol. The van der Waals surface area contributed by atoms with Crippen molar-refractivity contribution >= 4 is 5.78 Å². The van der Waals surface area contributed by atoms with Crippen molar-refractivity contribution in [2.45, 2.75) is 31.8 Å². The Bertz CT molecular complexity index is 214. The van der Waals surface area contributed by atoms with Crippen LogP contribution in [0.4, 0.5) is 0 Å². The van der Waals surface area contributed by atoms with Crippen molar-refractivity contribution in [2.24, 2.45) is 23.7 Å². The molecule has 3 rings (SSSR count). The molecule has 3 fully saturated rings. The minimum Gasteiger partial charge on any atom is -0.393 e. The summed E-state index contributed by atoms with van der Waals surface area (Å²) in [6, 6.07) is 0. The van der Waals surface area contributed by atoms with Crippen LogP contribution in [0.1, 0.15) is 25.7 Å². The molecular weight excluding hydrogens is 152 g/mol. The van der Waals surface area contributed by atoms with Crippen molar-refractivity contribution in [3.05, 3.63) is 0 Å². The van der Waals surface area contributed by atoms with Crippen molar-refractivity contribution < 1.29 is 9.90 Å². The van der Waals surface area contributed by atoms with Crippen LogP contribution in [0.25, 0.3) is 0 Å². The van der Waals surface area contributed by atoms with Gasteiger partial charge in [-0.25, -0.2) is 0 Å². The third-order valence-corrected chi connectivity index (χ3v) is 4.22. The smallest absolute Gasteiger partial charge is 0.133 e. The van der Waals surface area contributed by atoms with Gasteiger partial charge >= 0.3 is 0 Å². The predicted octanol–water partition coefficient (Wildman–Crippen LogP) is 0.982. The molecular formula is C10H14O2. The van der Waals surface area contributed by atoms with E-state index in [1.165, 1.54) is 0 Å². The lowest BCUT2D eigenvalue weighted by Gasteiger charge is -2.44. The maximum Gasteiger partial charge on any atom is 0.133 e. The second kappa shape index (κ2) is 2.11. The summed E-state index contributed by atoms with van der Waals surface area (Å²) in [6.07, 6.45) is 3.52. The van der Waals surface area contributed by atoms with Gasteiger partial charge in [-0.15, -0.1) is 0 Å². The zero-order chi connectivity index (χ0) is 8.29. The molecule has 0 spiro atoms. The number of ketones is 1. The summed E-state index contributed by atoms with van der Waals surface area (Å²) < 4.78 is 0. The lowest BCUT2D eigenvalue weighted by molar-refractivity contribution is -0.117. The average molecular weight is 166 g/mol. The molecule has 0 aliphatic heterocycles. The van der Waals surface area contributed by atoms with Gasteiger partial charge in [-0.2, -0.15) is 0 Å². The molecule has 0 heterocycles. The molecule has 0 aromatic carbocycles. The molecule has 0 saturated heterocycles. The van der Waals surface area contributed by atoms with Crippen molar-refractivity contribution in [3.63, 3.8) is 0 Å². The first-order chi connectivity index (χ1) is 5.75. The molecule has 0 amide bonds. The lowest BCUT2D eigenvalue weighted by atomic mass is 9.60. The summed E-state index contributed by atoms with van der Waals surface area (Å²) in [5.74, 6) is 3.21. The van der Waals surface area contributed by atoms with Crippen LogP contribution in [-0.4, -0.2) is 17.0 Å². The SMILES string of the molecule is O=C1CC2C(C1)C1CC(O)CC21. The first-order valence-electron chi connectivity index (χ1n) is 4.95. The second-order valence-electron chi connectivity index (χ2n) is 4.73. The fraction of sp³-hybridized carbons (Fsp3) is 0.900. The molecule has 0 bridgehead atoms. The Balaban J connectivity index is 1.80. The molecule has 3 aliphatic carbocycles. The van der Waals surface area contributed by atoms with Crippen LogP contribution in [0, 0.1) is 23.7 Å². The van der Waals surface area contributed by atoms with E-state index in [9.17, 15) is 9.90 Å². The number of rotatable bonds is 0. The summed E-state index contributed by atoms with van der Waals surface area (Å²) in [5.41, 5.74) is 0. The van der Waals surface area contributed by atoms with E-state index in [2.05, 4.69) is 0 Å². The number of hydrogen-bond donors (Lipinski definition) is 1. The average Bonchev–Trinajstić information content (AvgIpc) is 2.51. The van der Waals surface area contributed by atoms with Crippen molar-refractivity contribution in [3.8, 4) is 0 Å². The fourth-order valence-electron chi connectivity index (χ4n) is 3.76. The number of carbonyl (C=O) groups is 1. The zero-order valence-corrected chi connectivity index (χ0v) is 7.07. The molecule has 66 valence electrons. The Labute approximate surface area is 72.0 Å². The molecule has 0 aromatic rings. The number of aliphatic hydroxyl groups excluding tert-OH is 1. The standard InChI is InChI=1S/C10H14O2/c11-5-1-7-8(2-5)10-4-6(12)3-9(7)10/h5,7-11H,1-4H2. The molecule has 0 radical (unpaired) electrons. The highest BCUT2D eigenvalue weighted by atomic mass is 16.3. The molecule has 3 saturated carbocycles. The van der Waals surface area contributed by atoms with Crippen molar-refractivity contribution in [1.82, 2.24) is 0 Å². The second-order valence-corrected chi connectivity index (χ2v) is 4.73. The Morgan fingerprint density at radius 3 is 2.00 bits per heavy atom. The molecule has 4 atom stereocenters. The van der Waals surface area contributed by atoms with Crippen LogP contribution in [-0.2, 0) is 4.79 Å². The van der Waals surface area contributed by atoms with E-state index in [1.807, 2.05) is 0 Å². The van der Waals surface area contributed by atoms with E-state index in [1.54, 1.807) is 0 Å². The van der Waals surface area contributed by atoms with Gasteiger partial charge in [0.1, 0.15) is 5.78 Å². The molecule has 12 heavy (non-hydrogen) atoms. The van der Waals surface area contributed by atoms with Crippen LogP contribution in [0.15, 0.2) is 0 Å². The highest BCUT2D eigenvalue weighted by Crippen LogP contribution is 2.60. The first kappa shape index (κ1) is 7.07. The number of Topliss-reactive ketones (excluding diaryl/α,β-unsaturated/α-hetero) is 1. The van der Waals surface area contributed by atoms with E-state index >= 15 is 0 Å². The maximum atomic E-state index is 11.2. The Morgan fingerprint density at radius 1 is 1.00 bits per heavy atom. The van der Waals surface area contributed by atoms with Gasteiger partial charge in [-0.05, 0) is 36.5 Å². The van der Waals surface area contributed by atoms with E-state index in [4.69, 9.17) is 0 Å². The first-order valence-corrected chi connectivity index (χ1v) is 4.95. The van der Waals surface area contributed by atoms with Gasteiger partial charge in [-0.3, -0.25) is 4.79 Å². The normalized spacial score (nSPS) is 56.4. The summed E-state index contributed by atoms with van der Waals surface area (Å²) in [6.45, 7) is 0. The Kier molecular flexibility index (Phi) is 1.24. The van der Waals surface area contributed by atoms with Crippen molar-refractivity contribution in [2.75, 3.05) is 0 Å². The number of carbonyl (C=O) groups excluding carboxylic acids is 1. The summed E-state index contributed by atoms with van der Waals surface area (Å²) in [7, 11) is 0. The van der Waals surface area contributed by atoms with E-state index < -0.39 is 0 Å². The third-order valence-electron chi connectivity index (χ3n) is 4.22. The fourth-order valence-corrected chi connectivity index (χ4v) is 3.76. The molecule has 3 aliphatic rings. The topological polar surface area (TPSA) is 37.3 Å². The van der Waals surface area contributed by atoms with Gasteiger partial charge in [0.05, 0.1) is 6.10 Å². The summed E-state index contributed by atoms with van der Waals surface area (Å²) in [4.78, 5) is 11.2. The Morgan fingerprint density at radius 2 is 1.50 bits per heavy atom. The zero-order valence-electron chi connectivity index (χ0n) is 7.07. The lowest BCUT2D eigenvalue weighted by Crippen LogP contribution is -2.39. The molecule has 0 aromatic heterocycles. The third kappa shape index (κ3) is 0.717. The minimum atomic E-state index is -0.0549. The van der Waals surface area contributed by atoms with Crippen LogP contribution >= 0.6 is 0 Å². The van der Waals surface area contributed by atoms with E-state index in [0.29, 0.717) is 29.5 Å². The van der Waals surface area contributed by atoms with Crippen LogP contribution in [0.5, 0.6) is 0 Å². The van der Waals surface area contributed by atoms with Gasteiger partial charge in [-0.1, -0.05) is 0 Å². The quantitative estimate of drug-likeness (QED) is 0.582. The van der Waals surface area contributed by atoms with E-state index in [0.717, 1.165) is 25.7 Å². The highest BCUT2D eigenvalue weighted by molar-refractivity contribution is 5.82. The van der Waals surface area contributed by atoms with Gasteiger partial charge in [0, 0.05) is 12.8 Å². The number of aliphatic hydroxyl groups is 1. The van der Waals surface area contributed by atoms with Crippen LogP contribution < -0.4 is 0 Å². The number of fused-ring (bicyclic) bond motifs is 4. The minimum absolute atomic E-state index is 0.0549. The molecule has 1 N–H and O–H groups in total. The van der Waals surface area contributed by atoms with Crippen molar-refractivity contribution in [1.29, 1.82) is 0 Å². The monoisotopic (exact) mass is 166 g/mol. The van der Waals surface area contributed by atoms with Gasteiger partial charge < -0.3 is 5.11 Å². The van der Waals surface area contributed by atoms with Gasteiger partial charge in [0.15, 0.2) is 0 Å². The summed E-state index contributed by atoms with van der Waals surface area (Å²) >= 11 is 0. The molecule has 2 heteroatoms. The maximum absolute atomic E-state index is 11.2. The summed E-state index contributed by atoms with van der Waals surface area (Å²) in [5, 5.41) is 9.45. The highest BCUT2D eigenvalue weighted by Gasteiger charge is 2.57. The van der Waals surface area contributed by atoms with Crippen LogP contribution in [0.3, 0.4) is 0 Å². The molecule has 2 nitrogen and oxygen atoms in total. The van der Waals surface area contributed by atoms with Gasteiger partial charge in [0.2, 0.25) is 0 Å². The van der Waals surface area contributed by atoms with Gasteiger partial charge in [0.25, 0.3) is 0 Å².